The smallest absolute Gasteiger partial charge is 0.480 e. The lowest BCUT2D eigenvalue weighted by molar-refractivity contribution is -0.192. The van der Waals surface area contributed by atoms with Crippen molar-refractivity contribution in [2.45, 2.75) is 25.1 Å². The number of benzene rings is 2. The molecule has 1 atom stereocenters. The van der Waals surface area contributed by atoms with Crippen molar-refractivity contribution in [2.24, 2.45) is 27.2 Å². The van der Waals surface area contributed by atoms with Crippen LogP contribution < -0.4 is 33.2 Å². The average Bonchev–Trinajstić information content (AvgIpc) is 3.10. The average molecular weight is 767 g/mol. The van der Waals surface area contributed by atoms with Gasteiger partial charge in [0, 0.05) is 30.8 Å². The number of methoxy groups -OCH3 is 1. The second kappa shape index (κ2) is 20.2. The molecule has 0 unspecified atom stereocenters. The Morgan fingerprint density at radius 2 is 1.39 bits per heavy atom. The molecule has 1 aliphatic rings. The minimum atomic E-state index is -5.08. The van der Waals surface area contributed by atoms with Gasteiger partial charge in [-0.3, -0.25) is 29.3 Å². The Bertz CT molecular complexity index is 1750. The first kappa shape index (κ1) is 43.2. The number of aliphatic imine (C=N–C) groups is 2. The zero-order valence-electron chi connectivity index (χ0n) is 28.5. The van der Waals surface area contributed by atoms with Crippen LogP contribution in [0, 0.1) is 0 Å². The predicted molar refractivity (Wildman–Crippen MR) is 182 cm³/mol. The van der Waals surface area contributed by atoms with Crippen molar-refractivity contribution in [3.8, 4) is 0 Å². The number of rotatable bonds is 12. The summed E-state index contributed by atoms with van der Waals surface area (Å²) in [7, 11) is 1.17. The van der Waals surface area contributed by atoms with Crippen molar-refractivity contribution in [2.75, 3.05) is 39.8 Å². The fraction of sp³-hybridized carbons (Fsp3) is 0.323. The molecule has 3 rings (SSSR count). The highest BCUT2D eigenvalue weighted by molar-refractivity contribution is 5.98. The van der Waals surface area contributed by atoms with E-state index < -0.39 is 61.1 Å². The molecule has 54 heavy (non-hydrogen) atoms. The SMILES string of the molecule is COC(=O)NC(N)=Nc1ccc(C(=O)NCC(=O)N2CCN(CC(=O)O)C(=O)[C@@H]2CCCNC(=O)c2ccc(N=C(N)N)cc2)cc1.O=C(O)C(F)(F)F. The fourth-order valence-electron chi connectivity index (χ4n) is 4.54. The number of piperazine rings is 1. The van der Waals surface area contributed by atoms with E-state index in [0.29, 0.717) is 23.4 Å². The third-order valence-electron chi connectivity index (χ3n) is 7.00. The standard InChI is InChI=1S/C29H36N10O8.C2HF3O2/c1-47-29(46)37-28(32)36-20-10-6-18(7-11-20)25(44)34-15-22(40)39-14-13-38(16-23(41)42)26(45)21(39)3-2-12-33-24(43)17-4-8-19(9-5-17)35-27(30)31;3-2(4,5)1(6)7/h4-11,21H,2-3,12-16H2,1H3,(H,33,43)(H,34,44)(H,41,42)(H4,30,31,35)(H3,32,36,37,46);(H,6,7)/t21-;/m0./s1. The Hall–Kier alpha value is -6.94. The zero-order chi connectivity index (χ0) is 40.6. The molecule has 0 aromatic heterocycles. The molecule has 0 radical (unpaired) electrons. The molecule has 2 aromatic carbocycles. The van der Waals surface area contributed by atoms with E-state index in [4.69, 9.17) is 27.1 Å². The quantitative estimate of drug-likeness (QED) is 0.0775. The van der Waals surface area contributed by atoms with Crippen LogP contribution in [0.5, 0.6) is 0 Å². The van der Waals surface area contributed by atoms with Crippen molar-refractivity contribution in [1.82, 2.24) is 25.8 Å². The van der Waals surface area contributed by atoms with E-state index in [9.17, 15) is 47.0 Å². The molecule has 0 spiro atoms. The maximum Gasteiger partial charge on any atom is 0.490 e. The van der Waals surface area contributed by atoms with Gasteiger partial charge in [0.25, 0.3) is 11.8 Å². The molecule has 1 saturated heterocycles. The first-order valence-electron chi connectivity index (χ1n) is 15.5. The molecule has 0 aliphatic carbocycles. The Balaban J connectivity index is 0.00000131. The Morgan fingerprint density at radius 3 is 1.87 bits per heavy atom. The summed E-state index contributed by atoms with van der Waals surface area (Å²) < 4.78 is 36.2. The highest BCUT2D eigenvalue weighted by Gasteiger charge is 2.39. The molecule has 0 saturated carbocycles. The monoisotopic (exact) mass is 766 g/mol. The number of amides is 5. The summed E-state index contributed by atoms with van der Waals surface area (Å²) in [4.78, 5) is 93.4. The number of nitrogens with one attached hydrogen (secondary N) is 3. The molecule has 2 aromatic rings. The van der Waals surface area contributed by atoms with E-state index in [-0.39, 0.29) is 49.4 Å². The van der Waals surface area contributed by atoms with E-state index in [2.05, 4.69) is 30.7 Å². The third kappa shape index (κ3) is 14.4. The largest absolute Gasteiger partial charge is 0.490 e. The number of halogens is 3. The van der Waals surface area contributed by atoms with Gasteiger partial charge in [0.2, 0.25) is 17.8 Å². The number of carbonyl (C=O) groups is 7. The van der Waals surface area contributed by atoms with Gasteiger partial charge in [-0.1, -0.05) is 0 Å². The summed E-state index contributed by atoms with van der Waals surface area (Å²) >= 11 is 0. The highest BCUT2D eigenvalue weighted by atomic mass is 19.4. The molecule has 0 bridgehead atoms. The second-order valence-corrected chi connectivity index (χ2v) is 10.9. The van der Waals surface area contributed by atoms with Crippen LogP contribution in [0.4, 0.5) is 29.3 Å². The maximum atomic E-state index is 13.2. The van der Waals surface area contributed by atoms with Gasteiger partial charge in [-0.15, -0.1) is 0 Å². The van der Waals surface area contributed by atoms with Gasteiger partial charge in [0.05, 0.1) is 25.0 Å². The predicted octanol–water partition coefficient (Wildman–Crippen LogP) is -0.409. The molecule has 1 fully saturated rings. The number of nitrogens with two attached hydrogens (primary N) is 3. The van der Waals surface area contributed by atoms with E-state index >= 15 is 0 Å². The van der Waals surface area contributed by atoms with Crippen LogP contribution in [0.2, 0.25) is 0 Å². The molecule has 5 amide bonds. The van der Waals surface area contributed by atoms with Crippen molar-refractivity contribution >= 4 is 65.0 Å². The number of nitrogens with zero attached hydrogens (tertiary/aromatic N) is 4. The molecular formula is C31H37F3N10O10. The van der Waals surface area contributed by atoms with Gasteiger partial charge in [-0.05, 0) is 61.4 Å². The number of hydrogen-bond donors (Lipinski definition) is 8. The van der Waals surface area contributed by atoms with Crippen LogP contribution in [0.25, 0.3) is 0 Å². The molecule has 1 heterocycles. The van der Waals surface area contributed by atoms with Crippen LogP contribution in [0.1, 0.15) is 33.6 Å². The van der Waals surface area contributed by atoms with E-state index in [0.717, 1.165) is 4.90 Å². The number of alkyl carbamates (subject to hydrolysis) is 1. The van der Waals surface area contributed by atoms with Crippen LogP contribution in [0.3, 0.4) is 0 Å². The first-order valence-corrected chi connectivity index (χ1v) is 15.5. The number of hydrogen-bond acceptors (Lipinski definition) is 10. The van der Waals surface area contributed by atoms with Crippen molar-refractivity contribution < 1.29 is 61.7 Å². The van der Waals surface area contributed by atoms with Crippen molar-refractivity contribution in [3.63, 3.8) is 0 Å². The Labute approximate surface area is 304 Å². The number of carboxylic acid groups (broad SMARTS) is 2. The number of guanidine groups is 2. The van der Waals surface area contributed by atoms with Crippen molar-refractivity contribution in [1.29, 1.82) is 0 Å². The van der Waals surface area contributed by atoms with Gasteiger partial charge in [-0.25, -0.2) is 19.6 Å². The van der Waals surface area contributed by atoms with Crippen LogP contribution in [0.15, 0.2) is 58.5 Å². The van der Waals surface area contributed by atoms with Gasteiger partial charge in [0.15, 0.2) is 5.96 Å². The van der Waals surface area contributed by atoms with Gasteiger partial charge < -0.3 is 52.6 Å². The molecule has 11 N–H and O–H groups in total. The number of carbonyl (C=O) groups excluding carboxylic acids is 5. The summed E-state index contributed by atoms with van der Waals surface area (Å²) in [6, 6.07) is 11.1. The Morgan fingerprint density at radius 1 is 0.870 bits per heavy atom. The number of ether oxygens (including phenoxy) is 1. The Kier molecular flexibility index (Phi) is 16.2. The van der Waals surface area contributed by atoms with Gasteiger partial charge in [-0.2, -0.15) is 13.2 Å². The third-order valence-corrected chi connectivity index (χ3v) is 7.00. The topological polar surface area (TPSA) is 315 Å². The lowest BCUT2D eigenvalue weighted by Crippen LogP contribution is -2.60. The van der Waals surface area contributed by atoms with Crippen LogP contribution in [-0.2, 0) is 23.9 Å². The minimum Gasteiger partial charge on any atom is -0.480 e. The summed E-state index contributed by atoms with van der Waals surface area (Å²) in [5.74, 6) is -6.32. The van der Waals surface area contributed by atoms with E-state index in [1.54, 1.807) is 24.3 Å². The summed E-state index contributed by atoms with van der Waals surface area (Å²) in [6.45, 7) is -0.722. The molecular weight excluding hydrogens is 729 g/mol. The normalized spacial score (nSPS) is 14.1. The van der Waals surface area contributed by atoms with Crippen LogP contribution >= 0.6 is 0 Å². The van der Waals surface area contributed by atoms with E-state index in [1.807, 2.05) is 0 Å². The summed E-state index contributed by atoms with van der Waals surface area (Å²) in [5, 5.41) is 23.8. The number of carboxylic acids is 2. The molecule has 20 nitrogen and oxygen atoms in total. The van der Waals surface area contributed by atoms with E-state index in [1.165, 1.54) is 36.3 Å². The first-order chi connectivity index (χ1) is 25.3. The minimum absolute atomic E-state index is 0.00382. The zero-order valence-corrected chi connectivity index (χ0v) is 28.5. The highest BCUT2D eigenvalue weighted by Crippen LogP contribution is 2.18. The van der Waals surface area contributed by atoms with Gasteiger partial charge >= 0.3 is 24.2 Å². The van der Waals surface area contributed by atoms with Gasteiger partial charge in [0.1, 0.15) is 12.6 Å². The molecule has 292 valence electrons. The number of alkyl halides is 3. The van der Waals surface area contributed by atoms with Crippen LogP contribution in [-0.4, -0.2) is 126 Å². The summed E-state index contributed by atoms with van der Waals surface area (Å²) in [5.41, 5.74) is 17.7. The lowest BCUT2D eigenvalue weighted by Gasteiger charge is -2.40. The fourth-order valence-corrected chi connectivity index (χ4v) is 4.54. The maximum absolute atomic E-state index is 13.2. The second-order valence-electron chi connectivity index (χ2n) is 10.9. The molecule has 23 heteroatoms. The lowest BCUT2D eigenvalue weighted by atomic mass is 10.0. The summed E-state index contributed by atoms with van der Waals surface area (Å²) in [6.07, 6.45) is -5.46. The number of aliphatic carboxylic acids is 2. The molecule has 1 aliphatic heterocycles. The van der Waals surface area contributed by atoms with Crippen molar-refractivity contribution in [3.05, 3.63) is 59.7 Å².